The summed E-state index contributed by atoms with van der Waals surface area (Å²) in [5.74, 6) is 1.75. The maximum atomic E-state index is 3.67. The van der Waals surface area contributed by atoms with Crippen LogP contribution >= 0.6 is 27.3 Å². The Hall–Kier alpha value is 0.140. The van der Waals surface area contributed by atoms with Crippen molar-refractivity contribution in [1.82, 2.24) is 5.32 Å². The van der Waals surface area contributed by atoms with Crippen molar-refractivity contribution in [3.05, 3.63) is 20.8 Å². The summed E-state index contributed by atoms with van der Waals surface area (Å²) >= 11 is 5.57. The van der Waals surface area contributed by atoms with E-state index in [0.717, 1.165) is 11.8 Å². The molecule has 0 amide bonds. The Bertz CT molecular complexity index is 337. The Balaban J connectivity index is 2.02. The molecule has 1 fully saturated rings. The molecule has 1 aromatic rings. The topological polar surface area (TPSA) is 12.0 Å². The molecule has 1 saturated carbocycles. The second-order valence-corrected chi connectivity index (χ2v) is 6.97. The van der Waals surface area contributed by atoms with Gasteiger partial charge >= 0.3 is 0 Å². The summed E-state index contributed by atoms with van der Waals surface area (Å²) in [5, 5.41) is 5.58. The Kier molecular flexibility index (Phi) is 5.51. The van der Waals surface area contributed by atoms with Gasteiger partial charge in [-0.25, -0.2) is 0 Å². The van der Waals surface area contributed by atoms with E-state index >= 15 is 0 Å². The van der Waals surface area contributed by atoms with Crippen molar-refractivity contribution >= 4 is 27.3 Å². The van der Waals surface area contributed by atoms with Gasteiger partial charge in [0.05, 0.1) is 0 Å². The second kappa shape index (κ2) is 6.91. The van der Waals surface area contributed by atoms with Crippen LogP contribution in [0.3, 0.4) is 0 Å². The molecule has 1 aliphatic carbocycles. The number of thiophene rings is 1. The van der Waals surface area contributed by atoms with Gasteiger partial charge in [-0.05, 0) is 72.1 Å². The molecule has 1 N–H and O–H groups in total. The van der Waals surface area contributed by atoms with Crippen LogP contribution < -0.4 is 5.32 Å². The van der Waals surface area contributed by atoms with E-state index in [-0.39, 0.29) is 0 Å². The molecule has 2 unspecified atom stereocenters. The zero-order valence-corrected chi connectivity index (χ0v) is 12.9. The van der Waals surface area contributed by atoms with Gasteiger partial charge in [-0.15, -0.1) is 11.3 Å². The lowest BCUT2D eigenvalue weighted by Gasteiger charge is -2.24. The first-order valence-corrected chi connectivity index (χ1v) is 8.35. The highest BCUT2D eigenvalue weighted by Crippen LogP contribution is 2.34. The van der Waals surface area contributed by atoms with Crippen LogP contribution in [0.15, 0.2) is 15.9 Å². The van der Waals surface area contributed by atoms with Gasteiger partial charge in [0.25, 0.3) is 0 Å². The van der Waals surface area contributed by atoms with Crippen LogP contribution in [0.4, 0.5) is 0 Å². The van der Waals surface area contributed by atoms with Crippen molar-refractivity contribution in [1.29, 1.82) is 0 Å². The molecule has 0 aliphatic heterocycles. The maximum Gasteiger partial charge on any atom is 0.0314 e. The molecule has 0 radical (unpaired) electrons. The van der Waals surface area contributed by atoms with Crippen molar-refractivity contribution in [2.24, 2.45) is 11.8 Å². The average molecular weight is 316 g/mol. The van der Waals surface area contributed by atoms with Crippen LogP contribution in [-0.4, -0.2) is 13.6 Å². The van der Waals surface area contributed by atoms with Crippen molar-refractivity contribution in [3.8, 4) is 0 Å². The molecule has 3 heteroatoms. The predicted molar refractivity (Wildman–Crippen MR) is 79.7 cm³/mol. The molecule has 1 nitrogen and oxygen atoms in total. The van der Waals surface area contributed by atoms with Crippen molar-refractivity contribution in [2.45, 2.75) is 38.5 Å². The minimum atomic E-state index is 0.872. The molecule has 2 atom stereocenters. The summed E-state index contributed by atoms with van der Waals surface area (Å²) in [5.41, 5.74) is 0. The van der Waals surface area contributed by atoms with Gasteiger partial charge in [0.1, 0.15) is 0 Å². The summed E-state index contributed by atoms with van der Waals surface area (Å²) in [6.45, 7) is 1.19. The first-order valence-electron chi connectivity index (χ1n) is 6.67. The minimum Gasteiger partial charge on any atom is -0.319 e. The highest BCUT2D eigenvalue weighted by atomic mass is 79.9. The average Bonchev–Trinajstić information content (AvgIpc) is 2.59. The van der Waals surface area contributed by atoms with E-state index in [4.69, 9.17) is 0 Å². The SMILES string of the molecule is CNCC1CCCCCC1Cc1sccc1Br. The maximum absolute atomic E-state index is 3.67. The van der Waals surface area contributed by atoms with E-state index in [0.29, 0.717) is 0 Å². The fraction of sp³-hybridized carbons (Fsp3) is 0.714. The Morgan fingerprint density at radius 2 is 2.06 bits per heavy atom. The molecular formula is C14H22BrNS. The lowest BCUT2D eigenvalue weighted by atomic mass is 9.85. The molecule has 96 valence electrons. The molecule has 0 saturated heterocycles. The quantitative estimate of drug-likeness (QED) is 0.808. The molecule has 1 heterocycles. The standard InChI is InChI=1S/C14H22BrNS/c1-16-10-12-6-4-2-3-5-11(12)9-14-13(15)7-8-17-14/h7-8,11-12,16H,2-6,9-10H2,1H3. The minimum absolute atomic E-state index is 0.872. The number of hydrogen-bond acceptors (Lipinski definition) is 2. The molecule has 0 spiro atoms. The van der Waals surface area contributed by atoms with Gasteiger partial charge in [0.2, 0.25) is 0 Å². The van der Waals surface area contributed by atoms with Crippen molar-refractivity contribution in [2.75, 3.05) is 13.6 Å². The van der Waals surface area contributed by atoms with Crippen LogP contribution in [0, 0.1) is 11.8 Å². The summed E-state index contributed by atoms with van der Waals surface area (Å²) in [4.78, 5) is 1.54. The zero-order chi connectivity index (χ0) is 12.1. The summed E-state index contributed by atoms with van der Waals surface area (Å²) < 4.78 is 1.31. The fourth-order valence-corrected chi connectivity index (χ4v) is 4.58. The molecule has 17 heavy (non-hydrogen) atoms. The van der Waals surface area contributed by atoms with Crippen LogP contribution in [0.1, 0.15) is 37.0 Å². The lowest BCUT2D eigenvalue weighted by Crippen LogP contribution is -2.26. The van der Waals surface area contributed by atoms with Gasteiger partial charge in [0, 0.05) is 9.35 Å². The van der Waals surface area contributed by atoms with E-state index in [9.17, 15) is 0 Å². The summed E-state index contributed by atoms with van der Waals surface area (Å²) in [7, 11) is 2.09. The van der Waals surface area contributed by atoms with E-state index in [1.807, 2.05) is 11.3 Å². The predicted octanol–water partition coefficient (Wildman–Crippen LogP) is 4.47. The second-order valence-electron chi connectivity index (χ2n) is 5.11. The van der Waals surface area contributed by atoms with Gasteiger partial charge in [0.15, 0.2) is 0 Å². The smallest absolute Gasteiger partial charge is 0.0314 e. The first kappa shape index (κ1) is 13.6. The molecule has 0 aromatic carbocycles. The third kappa shape index (κ3) is 3.80. The first-order chi connectivity index (χ1) is 8.31. The van der Waals surface area contributed by atoms with Crippen LogP contribution in [-0.2, 0) is 6.42 Å². The molecule has 1 aromatic heterocycles. The van der Waals surface area contributed by atoms with Gasteiger partial charge in [-0.3, -0.25) is 0 Å². The summed E-state index contributed by atoms with van der Waals surface area (Å²) in [6, 6.07) is 2.18. The molecule has 0 bridgehead atoms. The van der Waals surface area contributed by atoms with E-state index in [1.54, 1.807) is 0 Å². The number of rotatable bonds is 4. The normalized spacial score (nSPS) is 25.8. The van der Waals surface area contributed by atoms with Gasteiger partial charge in [-0.2, -0.15) is 0 Å². The van der Waals surface area contributed by atoms with Crippen LogP contribution in [0.2, 0.25) is 0 Å². The monoisotopic (exact) mass is 315 g/mol. The van der Waals surface area contributed by atoms with Crippen LogP contribution in [0.5, 0.6) is 0 Å². The Morgan fingerprint density at radius 3 is 2.71 bits per heavy atom. The van der Waals surface area contributed by atoms with Crippen LogP contribution in [0.25, 0.3) is 0 Å². The molecule has 2 rings (SSSR count). The van der Waals surface area contributed by atoms with E-state index in [1.165, 1.54) is 54.4 Å². The molecular weight excluding hydrogens is 294 g/mol. The number of hydrogen-bond donors (Lipinski definition) is 1. The highest BCUT2D eigenvalue weighted by molar-refractivity contribution is 9.10. The van der Waals surface area contributed by atoms with Crippen molar-refractivity contribution in [3.63, 3.8) is 0 Å². The Labute approximate surface area is 117 Å². The molecule has 1 aliphatic rings. The van der Waals surface area contributed by atoms with E-state index in [2.05, 4.69) is 39.7 Å². The third-order valence-corrected chi connectivity index (χ3v) is 5.87. The third-order valence-electron chi connectivity index (χ3n) is 3.92. The highest BCUT2D eigenvalue weighted by Gasteiger charge is 2.24. The summed E-state index contributed by atoms with van der Waals surface area (Å²) in [6.07, 6.45) is 8.38. The van der Waals surface area contributed by atoms with Gasteiger partial charge in [-0.1, -0.05) is 19.3 Å². The zero-order valence-electron chi connectivity index (χ0n) is 10.5. The van der Waals surface area contributed by atoms with E-state index < -0.39 is 0 Å². The fourth-order valence-electron chi connectivity index (χ4n) is 2.97. The Morgan fingerprint density at radius 1 is 1.29 bits per heavy atom. The number of halogens is 1. The largest absolute Gasteiger partial charge is 0.319 e. The van der Waals surface area contributed by atoms with Gasteiger partial charge < -0.3 is 5.32 Å². The van der Waals surface area contributed by atoms with Crippen molar-refractivity contribution < 1.29 is 0 Å². The number of nitrogens with one attached hydrogen (secondary N) is 1. The lowest BCUT2D eigenvalue weighted by molar-refractivity contribution is 0.305.